The van der Waals surface area contributed by atoms with Crippen molar-refractivity contribution in [2.75, 3.05) is 7.11 Å². The van der Waals surface area contributed by atoms with Crippen molar-refractivity contribution in [3.63, 3.8) is 0 Å². The predicted octanol–water partition coefficient (Wildman–Crippen LogP) is 2.41. The molecule has 0 spiro atoms. The van der Waals surface area contributed by atoms with E-state index in [1.807, 2.05) is 0 Å². The number of benzene rings is 1. The van der Waals surface area contributed by atoms with Crippen LogP contribution in [0.5, 0.6) is 5.75 Å². The van der Waals surface area contributed by atoms with E-state index in [0.717, 1.165) is 11.8 Å². The molecule has 26 heavy (non-hydrogen) atoms. The Morgan fingerprint density at radius 1 is 1.38 bits per heavy atom. The van der Waals surface area contributed by atoms with Gasteiger partial charge >= 0.3 is 0 Å². The van der Waals surface area contributed by atoms with E-state index in [1.54, 1.807) is 42.7 Å². The molecule has 0 aliphatic rings. The van der Waals surface area contributed by atoms with Crippen molar-refractivity contribution < 1.29 is 14.6 Å². The maximum atomic E-state index is 11.4. The molecule has 0 fully saturated rings. The first-order chi connectivity index (χ1) is 12.6. The number of pyridine rings is 1. The molecule has 2 aromatic heterocycles. The number of hydrogen-bond acceptors (Lipinski definition) is 7. The number of thioether (sulfide) groups is 1. The number of halogens is 1. The van der Waals surface area contributed by atoms with Gasteiger partial charge in [0.05, 0.1) is 18.6 Å². The van der Waals surface area contributed by atoms with Crippen LogP contribution < -0.4 is 9.84 Å². The summed E-state index contributed by atoms with van der Waals surface area (Å²) in [6, 6.07) is 8.53. The average Bonchev–Trinajstić information content (AvgIpc) is 3.10. The molecule has 1 aromatic carbocycles. The number of rotatable bonds is 6. The fourth-order valence-corrected chi connectivity index (χ4v) is 2.99. The first kappa shape index (κ1) is 18.0. The fourth-order valence-electron chi connectivity index (χ4n) is 2.12. The second-order valence-electron chi connectivity index (χ2n) is 5.00. The first-order valence-corrected chi connectivity index (χ1v) is 8.53. The highest BCUT2D eigenvalue weighted by molar-refractivity contribution is 8.04. The van der Waals surface area contributed by atoms with Crippen LogP contribution in [0.15, 0.2) is 52.8 Å². The number of aromatic nitrogens is 4. The minimum atomic E-state index is -1.33. The molecule has 132 valence electrons. The highest BCUT2D eigenvalue weighted by atomic mass is 35.5. The Kier molecular flexibility index (Phi) is 5.55. The van der Waals surface area contributed by atoms with Gasteiger partial charge in [-0.2, -0.15) is 0 Å². The number of ether oxygens (including phenoxy) is 1. The Bertz CT molecular complexity index is 960. The number of H-pyrrole nitrogens is 1. The normalized spacial score (nSPS) is 11.4. The van der Waals surface area contributed by atoms with Crippen molar-refractivity contribution in [1.82, 2.24) is 20.2 Å². The molecule has 0 radical (unpaired) electrons. The standard InChI is InChI=1S/C17H13ClN4O3S/c1-25-13-5-4-11(18)8-12(13)15-20-17(22-21-15)26-14(16(23)24)7-10-3-2-6-19-9-10/h2-9H,1H3,(H,23,24)(H,20,21,22)/p-1/b14-7-. The molecule has 0 aliphatic carbocycles. The maximum Gasteiger partial charge on any atom is 0.213 e. The number of aliphatic carboxylic acids is 1. The zero-order valence-corrected chi connectivity index (χ0v) is 15.0. The molecule has 0 amide bonds. The highest BCUT2D eigenvalue weighted by Gasteiger charge is 2.14. The molecule has 0 saturated carbocycles. The van der Waals surface area contributed by atoms with E-state index in [9.17, 15) is 9.90 Å². The van der Waals surface area contributed by atoms with Crippen LogP contribution in [0.25, 0.3) is 17.5 Å². The summed E-state index contributed by atoms with van der Waals surface area (Å²) in [5, 5.41) is 18.9. The number of hydrogen-bond donors (Lipinski definition) is 1. The van der Waals surface area contributed by atoms with E-state index in [1.165, 1.54) is 13.2 Å². The van der Waals surface area contributed by atoms with Gasteiger partial charge < -0.3 is 14.6 Å². The summed E-state index contributed by atoms with van der Waals surface area (Å²) < 4.78 is 5.29. The van der Waals surface area contributed by atoms with Crippen molar-refractivity contribution in [1.29, 1.82) is 0 Å². The second-order valence-corrected chi connectivity index (χ2v) is 6.44. The monoisotopic (exact) mass is 387 g/mol. The lowest BCUT2D eigenvalue weighted by atomic mass is 10.2. The third kappa shape index (κ3) is 4.22. The van der Waals surface area contributed by atoms with E-state index < -0.39 is 5.97 Å². The lowest BCUT2D eigenvalue weighted by molar-refractivity contribution is -0.297. The fraction of sp³-hybridized carbons (Fsp3) is 0.0588. The summed E-state index contributed by atoms with van der Waals surface area (Å²) in [4.78, 5) is 19.6. The van der Waals surface area contributed by atoms with Crippen LogP contribution in [0.4, 0.5) is 0 Å². The first-order valence-electron chi connectivity index (χ1n) is 7.34. The van der Waals surface area contributed by atoms with Crippen LogP contribution in [0.1, 0.15) is 5.56 Å². The van der Waals surface area contributed by atoms with Gasteiger partial charge in [0.1, 0.15) is 5.75 Å². The van der Waals surface area contributed by atoms with Crippen LogP contribution in [0, 0.1) is 0 Å². The van der Waals surface area contributed by atoms with Gasteiger partial charge in [-0.3, -0.25) is 10.1 Å². The van der Waals surface area contributed by atoms with Gasteiger partial charge in [0, 0.05) is 22.3 Å². The van der Waals surface area contributed by atoms with Crippen molar-refractivity contribution in [2.24, 2.45) is 0 Å². The Labute approximate surface area is 158 Å². The average molecular weight is 388 g/mol. The lowest BCUT2D eigenvalue weighted by Crippen LogP contribution is -2.23. The number of carbonyl (C=O) groups excluding carboxylic acids is 1. The Hall–Kier alpha value is -2.84. The molecule has 3 aromatic rings. The van der Waals surface area contributed by atoms with E-state index in [4.69, 9.17) is 16.3 Å². The van der Waals surface area contributed by atoms with Crippen molar-refractivity contribution >= 4 is 35.4 Å². The number of aromatic amines is 1. The minimum Gasteiger partial charge on any atom is -0.544 e. The Morgan fingerprint density at radius 3 is 2.92 bits per heavy atom. The molecule has 0 aliphatic heterocycles. The summed E-state index contributed by atoms with van der Waals surface area (Å²) in [7, 11) is 1.53. The molecule has 0 atom stereocenters. The molecule has 1 N–H and O–H groups in total. The highest BCUT2D eigenvalue weighted by Crippen LogP contribution is 2.32. The zero-order valence-electron chi connectivity index (χ0n) is 13.5. The number of nitrogens with one attached hydrogen (secondary N) is 1. The summed E-state index contributed by atoms with van der Waals surface area (Å²) in [6.07, 6.45) is 4.59. The Balaban J connectivity index is 1.89. The third-order valence-electron chi connectivity index (χ3n) is 3.27. The van der Waals surface area contributed by atoms with Crippen LogP contribution in [0.3, 0.4) is 0 Å². The summed E-state index contributed by atoms with van der Waals surface area (Å²) in [5.74, 6) is -0.357. The molecule has 9 heteroatoms. The number of methoxy groups -OCH3 is 1. The molecule has 2 heterocycles. The van der Waals surface area contributed by atoms with Gasteiger partial charge in [0.2, 0.25) is 5.16 Å². The number of carboxylic acids is 1. The van der Waals surface area contributed by atoms with Gasteiger partial charge in [-0.05, 0) is 47.7 Å². The Morgan fingerprint density at radius 2 is 2.23 bits per heavy atom. The number of carbonyl (C=O) groups is 1. The quantitative estimate of drug-likeness (QED) is 0.511. The lowest BCUT2D eigenvalue weighted by Gasteiger charge is -2.06. The number of carboxylic acid groups (broad SMARTS) is 1. The van der Waals surface area contributed by atoms with Crippen molar-refractivity contribution in [2.45, 2.75) is 5.16 Å². The molecule has 0 unspecified atom stereocenters. The topological polar surface area (TPSA) is 104 Å². The predicted molar refractivity (Wildman–Crippen MR) is 96.5 cm³/mol. The SMILES string of the molecule is COc1ccc(Cl)cc1-c1nc(S/C(=C\c2cccnc2)C(=O)[O-])n[nH]1. The van der Waals surface area contributed by atoms with E-state index in [-0.39, 0.29) is 10.1 Å². The zero-order chi connectivity index (χ0) is 18.5. The van der Waals surface area contributed by atoms with Crippen LogP contribution >= 0.6 is 23.4 Å². The van der Waals surface area contributed by atoms with Gasteiger partial charge in [0.15, 0.2) is 5.82 Å². The molecule has 7 nitrogen and oxygen atoms in total. The van der Waals surface area contributed by atoms with Gasteiger partial charge in [-0.25, -0.2) is 4.98 Å². The summed E-state index contributed by atoms with van der Waals surface area (Å²) in [6.45, 7) is 0. The largest absolute Gasteiger partial charge is 0.544 e. The maximum absolute atomic E-state index is 11.4. The smallest absolute Gasteiger partial charge is 0.213 e. The molecular weight excluding hydrogens is 376 g/mol. The minimum absolute atomic E-state index is 0.0402. The second kappa shape index (κ2) is 8.03. The third-order valence-corrected chi connectivity index (χ3v) is 4.37. The molecular formula is C17H12ClN4O3S-. The van der Waals surface area contributed by atoms with Gasteiger partial charge in [-0.15, -0.1) is 5.10 Å². The summed E-state index contributed by atoms with van der Waals surface area (Å²) >= 11 is 6.89. The van der Waals surface area contributed by atoms with Gasteiger partial charge in [-0.1, -0.05) is 17.7 Å². The molecule has 3 rings (SSSR count). The van der Waals surface area contributed by atoms with Crippen molar-refractivity contribution in [3.8, 4) is 17.1 Å². The van der Waals surface area contributed by atoms with E-state index in [0.29, 0.717) is 27.7 Å². The van der Waals surface area contributed by atoms with Crippen LogP contribution in [0.2, 0.25) is 5.02 Å². The molecule has 0 saturated heterocycles. The van der Waals surface area contributed by atoms with E-state index >= 15 is 0 Å². The van der Waals surface area contributed by atoms with Gasteiger partial charge in [0.25, 0.3) is 0 Å². The summed E-state index contributed by atoms with van der Waals surface area (Å²) in [5.41, 5.74) is 1.25. The molecule has 0 bridgehead atoms. The number of nitrogens with zero attached hydrogens (tertiary/aromatic N) is 3. The van der Waals surface area contributed by atoms with Crippen LogP contribution in [-0.2, 0) is 4.79 Å². The van der Waals surface area contributed by atoms with Crippen molar-refractivity contribution in [3.05, 3.63) is 58.2 Å². The van der Waals surface area contributed by atoms with Crippen LogP contribution in [-0.4, -0.2) is 33.2 Å². The van der Waals surface area contributed by atoms with E-state index in [2.05, 4.69) is 20.2 Å².